The van der Waals surface area contributed by atoms with E-state index in [1.165, 1.54) is 0 Å². The molecule has 0 amide bonds. The number of aliphatic hydroxyl groups is 1. The zero-order valence-corrected chi connectivity index (χ0v) is 14.3. The monoisotopic (exact) mass is 372 g/mol. The highest BCUT2D eigenvalue weighted by atomic mass is 79.9. The Morgan fingerprint density at radius 3 is 2.86 bits per heavy atom. The first-order valence-electron chi connectivity index (χ1n) is 6.49. The fourth-order valence-electron chi connectivity index (χ4n) is 2.05. The number of anilines is 1. The Morgan fingerprint density at radius 1 is 1.48 bits per heavy atom. The summed E-state index contributed by atoms with van der Waals surface area (Å²) >= 11 is 9.57. The maximum atomic E-state index is 10.7. The zero-order valence-electron chi connectivity index (χ0n) is 11.9. The first kappa shape index (κ1) is 16.3. The van der Waals surface area contributed by atoms with E-state index < -0.39 is 6.10 Å². The predicted molar refractivity (Wildman–Crippen MR) is 88.4 cm³/mol. The number of likely N-dealkylation sites (N-methyl/N-ethyl adjacent to an activating group) is 1. The second-order valence-electron chi connectivity index (χ2n) is 5.08. The fraction of sp³-hybridized carbons (Fsp3) is 0.357. The Balaban J connectivity index is 2.36. The summed E-state index contributed by atoms with van der Waals surface area (Å²) in [6.45, 7) is 1.44. The van der Waals surface area contributed by atoms with Gasteiger partial charge in [-0.15, -0.1) is 0 Å². The second-order valence-corrected chi connectivity index (χ2v) is 6.40. The Bertz CT molecular complexity index is 629. The Hall–Kier alpha value is -1.08. The number of nitrogen functional groups attached to an aromatic ring is 1. The molecule has 7 heteroatoms. The number of nitrogens with zero attached hydrogens (tertiary/aromatic N) is 3. The van der Waals surface area contributed by atoms with Crippen molar-refractivity contribution in [2.45, 2.75) is 12.6 Å². The average molecular weight is 374 g/mol. The molecular formula is C14H18BrClN4O. The average Bonchev–Trinajstić information content (AvgIpc) is 2.79. The molecule has 114 valence electrons. The molecule has 1 atom stereocenters. The molecule has 1 aromatic carbocycles. The molecule has 2 rings (SSSR count). The maximum absolute atomic E-state index is 10.7. The van der Waals surface area contributed by atoms with Gasteiger partial charge >= 0.3 is 0 Å². The highest BCUT2D eigenvalue weighted by molar-refractivity contribution is 9.10. The molecule has 1 heterocycles. The number of aromatic nitrogens is 2. The minimum absolute atomic E-state index is 0.431. The van der Waals surface area contributed by atoms with Crippen LogP contribution in [0.3, 0.4) is 0 Å². The van der Waals surface area contributed by atoms with Crippen LogP contribution in [0.25, 0.3) is 0 Å². The van der Waals surface area contributed by atoms with Crippen molar-refractivity contribution in [3.8, 4) is 0 Å². The Labute approximate surface area is 137 Å². The summed E-state index contributed by atoms with van der Waals surface area (Å²) < 4.78 is 2.56. The van der Waals surface area contributed by atoms with E-state index in [1.54, 1.807) is 23.0 Å². The molecule has 0 bridgehead atoms. The molecule has 0 spiro atoms. The van der Waals surface area contributed by atoms with Crippen molar-refractivity contribution in [1.82, 2.24) is 14.7 Å². The number of halogens is 2. The summed E-state index contributed by atoms with van der Waals surface area (Å²) in [7, 11) is 3.96. The minimum Gasteiger partial charge on any atom is -0.398 e. The smallest absolute Gasteiger partial charge is 0.124 e. The quantitative estimate of drug-likeness (QED) is 0.790. The molecule has 0 aliphatic carbocycles. The lowest BCUT2D eigenvalue weighted by molar-refractivity contribution is 0.206. The van der Waals surface area contributed by atoms with Crippen LogP contribution in [-0.4, -0.2) is 40.4 Å². The number of rotatable bonds is 5. The molecule has 21 heavy (non-hydrogen) atoms. The van der Waals surface area contributed by atoms with Gasteiger partial charge in [-0.1, -0.05) is 27.5 Å². The molecule has 2 aromatic rings. The van der Waals surface area contributed by atoms with Crippen LogP contribution < -0.4 is 5.73 Å². The molecule has 0 saturated heterocycles. The molecular weight excluding hydrogens is 356 g/mol. The second kappa shape index (κ2) is 6.79. The van der Waals surface area contributed by atoms with E-state index in [4.69, 9.17) is 17.3 Å². The minimum atomic E-state index is -0.917. The first-order valence-corrected chi connectivity index (χ1v) is 7.66. The van der Waals surface area contributed by atoms with Crippen LogP contribution in [-0.2, 0) is 6.54 Å². The van der Waals surface area contributed by atoms with Crippen LogP contribution in [0.2, 0.25) is 5.02 Å². The van der Waals surface area contributed by atoms with Gasteiger partial charge in [0.15, 0.2) is 0 Å². The number of benzene rings is 1. The molecule has 0 saturated carbocycles. The van der Waals surface area contributed by atoms with Gasteiger partial charge in [-0.3, -0.25) is 4.68 Å². The molecule has 1 unspecified atom stereocenters. The van der Waals surface area contributed by atoms with E-state index in [9.17, 15) is 5.11 Å². The van der Waals surface area contributed by atoms with E-state index in [2.05, 4.69) is 21.0 Å². The van der Waals surface area contributed by atoms with E-state index >= 15 is 0 Å². The van der Waals surface area contributed by atoms with Gasteiger partial charge in [0.2, 0.25) is 0 Å². The summed E-state index contributed by atoms with van der Waals surface area (Å²) in [5.74, 6) is 0. The van der Waals surface area contributed by atoms with Gasteiger partial charge in [0.1, 0.15) is 6.10 Å². The normalized spacial score (nSPS) is 12.9. The summed E-state index contributed by atoms with van der Waals surface area (Å²) in [5, 5.41) is 15.3. The SMILES string of the molecule is CN(C)CCn1ncc(Cl)c1C(O)c1cc(Br)ccc1N. The molecule has 5 nitrogen and oxygen atoms in total. The summed E-state index contributed by atoms with van der Waals surface area (Å²) in [4.78, 5) is 2.04. The Morgan fingerprint density at radius 2 is 2.19 bits per heavy atom. The molecule has 0 radical (unpaired) electrons. The lowest BCUT2D eigenvalue weighted by Gasteiger charge is -2.18. The van der Waals surface area contributed by atoms with Gasteiger partial charge in [0.05, 0.1) is 23.5 Å². The third-order valence-electron chi connectivity index (χ3n) is 3.19. The van der Waals surface area contributed by atoms with E-state index in [0.29, 0.717) is 28.5 Å². The van der Waals surface area contributed by atoms with Crippen LogP contribution in [0.5, 0.6) is 0 Å². The van der Waals surface area contributed by atoms with Gasteiger partial charge in [-0.2, -0.15) is 5.10 Å². The molecule has 3 N–H and O–H groups in total. The van der Waals surface area contributed by atoms with E-state index in [1.807, 2.05) is 25.1 Å². The van der Waals surface area contributed by atoms with Crippen molar-refractivity contribution >= 4 is 33.2 Å². The van der Waals surface area contributed by atoms with Gasteiger partial charge in [-0.05, 0) is 32.3 Å². The van der Waals surface area contributed by atoms with Crippen molar-refractivity contribution in [2.24, 2.45) is 0 Å². The third-order valence-corrected chi connectivity index (χ3v) is 3.98. The summed E-state index contributed by atoms with van der Waals surface area (Å²) in [6.07, 6.45) is 0.629. The van der Waals surface area contributed by atoms with Gasteiger partial charge in [0.25, 0.3) is 0 Å². The van der Waals surface area contributed by atoms with Crippen LogP contribution >= 0.6 is 27.5 Å². The third kappa shape index (κ3) is 3.77. The number of hydrogen-bond donors (Lipinski definition) is 2. The number of aliphatic hydroxyl groups excluding tert-OH is 1. The lowest BCUT2D eigenvalue weighted by atomic mass is 10.0. The molecule has 0 fully saturated rings. The van der Waals surface area contributed by atoms with Crippen LogP contribution in [0.15, 0.2) is 28.9 Å². The van der Waals surface area contributed by atoms with Crippen molar-refractivity contribution in [3.63, 3.8) is 0 Å². The zero-order chi connectivity index (χ0) is 15.6. The van der Waals surface area contributed by atoms with Crippen molar-refractivity contribution in [2.75, 3.05) is 26.4 Å². The van der Waals surface area contributed by atoms with Gasteiger partial charge in [0, 0.05) is 22.3 Å². The number of nitrogens with two attached hydrogens (primary N) is 1. The van der Waals surface area contributed by atoms with Crippen LogP contribution in [0, 0.1) is 0 Å². The number of hydrogen-bond acceptors (Lipinski definition) is 4. The van der Waals surface area contributed by atoms with E-state index in [-0.39, 0.29) is 0 Å². The fourth-order valence-corrected chi connectivity index (χ4v) is 2.67. The van der Waals surface area contributed by atoms with Crippen LogP contribution in [0.1, 0.15) is 17.4 Å². The Kier molecular flexibility index (Phi) is 5.27. The van der Waals surface area contributed by atoms with Crippen LogP contribution in [0.4, 0.5) is 5.69 Å². The molecule has 0 aliphatic heterocycles. The standard InChI is InChI=1S/C14H18BrClN4O/c1-19(2)5-6-20-13(11(16)8-18-20)14(21)10-7-9(15)3-4-12(10)17/h3-4,7-8,14,21H,5-6,17H2,1-2H3. The van der Waals surface area contributed by atoms with Gasteiger partial charge < -0.3 is 15.7 Å². The largest absolute Gasteiger partial charge is 0.398 e. The first-order chi connectivity index (χ1) is 9.90. The molecule has 0 aliphatic rings. The maximum Gasteiger partial charge on any atom is 0.124 e. The summed E-state index contributed by atoms with van der Waals surface area (Å²) in [5.41, 5.74) is 7.64. The lowest BCUT2D eigenvalue weighted by Crippen LogP contribution is -2.21. The highest BCUT2D eigenvalue weighted by Gasteiger charge is 2.22. The van der Waals surface area contributed by atoms with Crippen molar-refractivity contribution in [1.29, 1.82) is 0 Å². The summed E-state index contributed by atoms with van der Waals surface area (Å²) in [6, 6.07) is 5.37. The predicted octanol–water partition coefficient (Wildman–Crippen LogP) is 2.52. The highest BCUT2D eigenvalue weighted by Crippen LogP contribution is 2.32. The topological polar surface area (TPSA) is 67.3 Å². The van der Waals surface area contributed by atoms with Crippen molar-refractivity contribution < 1.29 is 5.11 Å². The van der Waals surface area contributed by atoms with Crippen molar-refractivity contribution in [3.05, 3.63) is 45.1 Å². The molecule has 1 aromatic heterocycles. The van der Waals surface area contributed by atoms with E-state index in [0.717, 1.165) is 11.0 Å². The van der Waals surface area contributed by atoms with Gasteiger partial charge in [-0.25, -0.2) is 0 Å².